The van der Waals surface area contributed by atoms with Crippen LogP contribution in [0.5, 0.6) is 0 Å². The first-order valence-electron chi connectivity index (χ1n) is 9.58. The van der Waals surface area contributed by atoms with E-state index in [-0.39, 0.29) is 0 Å². The molecular weight excluding hydrogens is 326 g/mol. The fourth-order valence-electron chi connectivity index (χ4n) is 3.54. The van der Waals surface area contributed by atoms with Crippen LogP contribution in [0.3, 0.4) is 0 Å². The fraction of sp³-hybridized carbons (Fsp3) is 0.500. The molecule has 2 aliphatic rings. The first kappa shape index (κ1) is 17.2. The number of morpholine rings is 1. The number of benzene rings is 1. The number of piperazine rings is 1. The summed E-state index contributed by atoms with van der Waals surface area (Å²) in [6, 6.07) is 12.5. The maximum absolute atomic E-state index is 5.49. The minimum absolute atomic E-state index is 0.740. The van der Waals surface area contributed by atoms with Crippen LogP contribution < -0.4 is 9.80 Å². The van der Waals surface area contributed by atoms with Gasteiger partial charge in [0.1, 0.15) is 5.82 Å². The first-order chi connectivity index (χ1) is 12.8. The van der Waals surface area contributed by atoms with Crippen LogP contribution in [0.1, 0.15) is 6.92 Å². The molecule has 3 heterocycles. The zero-order chi connectivity index (χ0) is 17.8. The number of hydrogen-bond donors (Lipinski definition) is 0. The summed E-state index contributed by atoms with van der Waals surface area (Å²) in [6.45, 7) is 10.7. The van der Waals surface area contributed by atoms with Gasteiger partial charge in [0, 0.05) is 50.9 Å². The molecule has 26 heavy (non-hydrogen) atoms. The second-order valence-electron chi connectivity index (χ2n) is 6.80. The van der Waals surface area contributed by atoms with Gasteiger partial charge in [-0.15, -0.1) is 0 Å². The van der Waals surface area contributed by atoms with Crippen LogP contribution in [0, 0.1) is 0 Å². The molecule has 0 radical (unpaired) electrons. The van der Waals surface area contributed by atoms with Gasteiger partial charge in [0.05, 0.1) is 18.9 Å². The highest BCUT2D eigenvalue weighted by molar-refractivity contribution is 5.65. The van der Waals surface area contributed by atoms with E-state index in [1.807, 2.05) is 6.07 Å². The fourth-order valence-corrected chi connectivity index (χ4v) is 3.54. The third kappa shape index (κ3) is 3.81. The topological polar surface area (TPSA) is 44.7 Å². The summed E-state index contributed by atoms with van der Waals surface area (Å²) in [6.07, 6.45) is 0. The molecule has 0 aliphatic carbocycles. The van der Waals surface area contributed by atoms with Crippen LogP contribution in [0.4, 0.5) is 11.8 Å². The summed E-state index contributed by atoms with van der Waals surface area (Å²) in [5.74, 6) is 1.86. The lowest BCUT2D eigenvalue weighted by molar-refractivity contribution is 0.122. The lowest BCUT2D eigenvalue weighted by atomic mass is 10.1. The number of hydrogen-bond acceptors (Lipinski definition) is 6. The quantitative estimate of drug-likeness (QED) is 0.839. The number of rotatable bonds is 4. The maximum atomic E-state index is 5.49. The van der Waals surface area contributed by atoms with Crippen molar-refractivity contribution in [1.82, 2.24) is 14.9 Å². The minimum atomic E-state index is 0.740. The van der Waals surface area contributed by atoms with E-state index in [1.54, 1.807) is 0 Å². The number of likely N-dealkylation sites (N-methyl/N-ethyl adjacent to an activating group) is 1. The predicted octanol–water partition coefficient (Wildman–Crippen LogP) is 2.12. The molecular formula is C20H27N5O. The van der Waals surface area contributed by atoms with Gasteiger partial charge >= 0.3 is 0 Å². The summed E-state index contributed by atoms with van der Waals surface area (Å²) >= 11 is 0. The lowest BCUT2D eigenvalue weighted by Gasteiger charge is -2.35. The van der Waals surface area contributed by atoms with Crippen LogP contribution in [-0.2, 0) is 4.74 Å². The smallest absolute Gasteiger partial charge is 0.228 e. The summed E-state index contributed by atoms with van der Waals surface area (Å²) in [7, 11) is 0. The third-order valence-corrected chi connectivity index (χ3v) is 5.21. The highest BCUT2D eigenvalue weighted by atomic mass is 16.5. The molecule has 0 amide bonds. The molecule has 1 aromatic carbocycles. The number of nitrogens with zero attached hydrogens (tertiary/aromatic N) is 5. The molecule has 4 rings (SSSR count). The van der Waals surface area contributed by atoms with Gasteiger partial charge in [0.15, 0.2) is 0 Å². The average molecular weight is 353 g/mol. The highest BCUT2D eigenvalue weighted by Crippen LogP contribution is 2.26. The summed E-state index contributed by atoms with van der Waals surface area (Å²) < 4.78 is 5.49. The monoisotopic (exact) mass is 353 g/mol. The van der Waals surface area contributed by atoms with Gasteiger partial charge in [-0.05, 0) is 6.54 Å². The Bertz CT molecular complexity index is 709. The molecule has 0 N–H and O–H groups in total. The average Bonchev–Trinajstić information content (AvgIpc) is 2.75. The predicted molar refractivity (Wildman–Crippen MR) is 105 cm³/mol. The Balaban J connectivity index is 1.66. The normalized spacial score (nSPS) is 19.0. The summed E-state index contributed by atoms with van der Waals surface area (Å²) in [5, 5.41) is 0. The van der Waals surface area contributed by atoms with Crippen molar-refractivity contribution in [2.75, 3.05) is 68.8 Å². The zero-order valence-electron chi connectivity index (χ0n) is 15.5. The molecule has 0 unspecified atom stereocenters. The van der Waals surface area contributed by atoms with E-state index >= 15 is 0 Å². The number of anilines is 2. The van der Waals surface area contributed by atoms with Crippen LogP contribution in [-0.4, -0.2) is 73.9 Å². The molecule has 0 bridgehead atoms. The van der Waals surface area contributed by atoms with Crippen molar-refractivity contribution < 1.29 is 4.74 Å². The van der Waals surface area contributed by atoms with Crippen molar-refractivity contribution in [2.45, 2.75) is 6.92 Å². The summed E-state index contributed by atoms with van der Waals surface area (Å²) in [5.41, 5.74) is 2.13. The third-order valence-electron chi connectivity index (χ3n) is 5.21. The van der Waals surface area contributed by atoms with Crippen molar-refractivity contribution in [3.05, 3.63) is 36.4 Å². The maximum Gasteiger partial charge on any atom is 0.228 e. The van der Waals surface area contributed by atoms with Crippen LogP contribution in [0.25, 0.3) is 11.3 Å². The Morgan fingerprint density at radius 1 is 0.885 bits per heavy atom. The van der Waals surface area contributed by atoms with Crippen molar-refractivity contribution in [2.24, 2.45) is 0 Å². The molecule has 2 saturated heterocycles. The Hall–Kier alpha value is -2.18. The van der Waals surface area contributed by atoms with E-state index in [0.29, 0.717) is 0 Å². The molecule has 0 saturated carbocycles. The molecule has 2 aliphatic heterocycles. The van der Waals surface area contributed by atoms with E-state index in [4.69, 9.17) is 14.7 Å². The van der Waals surface area contributed by atoms with Gasteiger partial charge in [0.2, 0.25) is 5.95 Å². The van der Waals surface area contributed by atoms with E-state index in [0.717, 1.165) is 82.1 Å². The van der Waals surface area contributed by atoms with Gasteiger partial charge in [-0.25, -0.2) is 4.98 Å². The Morgan fingerprint density at radius 2 is 1.62 bits per heavy atom. The van der Waals surface area contributed by atoms with Crippen molar-refractivity contribution in [1.29, 1.82) is 0 Å². The van der Waals surface area contributed by atoms with Crippen molar-refractivity contribution >= 4 is 11.8 Å². The van der Waals surface area contributed by atoms with Gasteiger partial charge < -0.3 is 19.4 Å². The molecule has 2 aromatic rings. The second kappa shape index (κ2) is 8.01. The van der Waals surface area contributed by atoms with Crippen LogP contribution >= 0.6 is 0 Å². The van der Waals surface area contributed by atoms with Crippen LogP contribution in [0.2, 0.25) is 0 Å². The van der Waals surface area contributed by atoms with E-state index in [2.05, 4.69) is 52.0 Å². The molecule has 6 heteroatoms. The Morgan fingerprint density at radius 3 is 2.31 bits per heavy atom. The van der Waals surface area contributed by atoms with Crippen LogP contribution in [0.15, 0.2) is 36.4 Å². The largest absolute Gasteiger partial charge is 0.378 e. The Labute approximate surface area is 155 Å². The van der Waals surface area contributed by atoms with E-state index < -0.39 is 0 Å². The molecule has 0 spiro atoms. The SMILES string of the molecule is CCN1CCN(c2cc(-c3ccccc3)nc(N3CCOCC3)n2)CC1. The van der Waals surface area contributed by atoms with E-state index in [1.165, 1.54) is 0 Å². The van der Waals surface area contributed by atoms with Crippen molar-refractivity contribution in [3.8, 4) is 11.3 Å². The van der Waals surface area contributed by atoms with Crippen molar-refractivity contribution in [3.63, 3.8) is 0 Å². The van der Waals surface area contributed by atoms with Gasteiger partial charge in [-0.3, -0.25) is 0 Å². The molecule has 138 valence electrons. The molecule has 0 atom stereocenters. The minimum Gasteiger partial charge on any atom is -0.378 e. The van der Waals surface area contributed by atoms with E-state index in [9.17, 15) is 0 Å². The number of ether oxygens (including phenoxy) is 1. The zero-order valence-corrected chi connectivity index (χ0v) is 15.5. The number of aromatic nitrogens is 2. The second-order valence-corrected chi connectivity index (χ2v) is 6.80. The first-order valence-corrected chi connectivity index (χ1v) is 9.58. The highest BCUT2D eigenvalue weighted by Gasteiger charge is 2.21. The standard InChI is InChI=1S/C20H27N5O/c1-2-23-8-10-24(11-9-23)19-16-18(17-6-4-3-5-7-17)21-20(22-19)25-12-14-26-15-13-25/h3-7,16H,2,8-15H2,1H3. The molecule has 6 nitrogen and oxygen atoms in total. The lowest BCUT2D eigenvalue weighted by Crippen LogP contribution is -2.46. The van der Waals surface area contributed by atoms with Gasteiger partial charge in [-0.1, -0.05) is 37.3 Å². The summed E-state index contributed by atoms with van der Waals surface area (Å²) in [4.78, 5) is 16.9. The molecule has 2 fully saturated rings. The van der Waals surface area contributed by atoms with Gasteiger partial charge in [0.25, 0.3) is 0 Å². The Kier molecular flexibility index (Phi) is 5.32. The molecule has 1 aromatic heterocycles. The van der Waals surface area contributed by atoms with Gasteiger partial charge in [-0.2, -0.15) is 4.98 Å².